The zero-order valence-electron chi connectivity index (χ0n) is 7.20. The Labute approximate surface area is 75.2 Å². The Balaban J connectivity index is 2.25. The smallest absolute Gasteiger partial charge is 0.158 e. The normalized spacial score (nSPS) is 17.0. The maximum Gasteiger partial charge on any atom is 0.158 e. The number of rotatable bonds is 2. The van der Waals surface area contributed by atoms with Crippen LogP contribution in [0.25, 0.3) is 5.65 Å². The highest BCUT2D eigenvalue weighted by molar-refractivity contribution is 5.51. The minimum atomic E-state index is 0.0792. The van der Waals surface area contributed by atoms with Crippen LogP contribution in [0.3, 0.4) is 0 Å². The van der Waals surface area contributed by atoms with Crippen molar-refractivity contribution < 1.29 is 5.11 Å². The largest absolute Gasteiger partial charge is 0.391 e. The van der Waals surface area contributed by atoms with E-state index in [0.29, 0.717) is 5.92 Å². The second-order valence-corrected chi connectivity index (χ2v) is 3.56. The average molecular weight is 177 g/mol. The van der Waals surface area contributed by atoms with E-state index in [-0.39, 0.29) is 6.61 Å². The van der Waals surface area contributed by atoms with Crippen LogP contribution in [-0.4, -0.2) is 19.7 Å². The second-order valence-electron chi connectivity index (χ2n) is 3.56. The van der Waals surface area contributed by atoms with Crippen LogP contribution in [0.1, 0.15) is 30.0 Å². The van der Waals surface area contributed by atoms with Gasteiger partial charge in [-0.1, -0.05) is 0 Å². The fraction of sp³-hybridized carbons (Fsp3) is 0.444. The number of hydrogen-bond donors (Lipinski definition) is 2. The average Bonchev–Trinajstić information content (AvgIpc) is 2.76. The lowest BCUT2D eigenvalue weighted by molar-refractivity contribution is 0.282. The zero-order valence-corrected chi connectivity index (χ0v) is 7.20. The molecular formula is C9H11N3O. The lowest BCUT2D eigenvalue weighted by atomic mass is 10.2. The molecule has 2 N–H and O–H groups in total. The van der Waals surface area contributed by atoms with Crippen molar-refractivity contribution in [3.05, 3.63) is 23.7 Å². The predicted octanol–water partition coefficient (Wildman–Crippen LogP) is 1.03. The van der Waals surface area contributed by atoms with Gasteiger partial charge in [0.05, 0.1) is 6.61 Å². The molecule has 2 aromatic heterocycles. The van der Waals surface area contributed by atoms with E-state index in [1.165, 1.54) is 18.5 Å². The third-order valence-electron chi connectivity index (χ3n) is 2.62. The molecule has 0 saturated heterocycles. The summed E-state index contributed by atoms with van der Waals surface area (Å²) < 4.78 is 1.87. The summed E-state index contributed by atoms with van der Waals surface area (Å²) in [7, 11) is 0. The molecule has 0 spiro atoms. The minimum absolute atomic E-state index is 0.0792. The van der Waals surface area contributed by atoms with Crippen molar-refractivity contribution in [3.8, 4) is 0 Å². The van der Waals surface area contributed by atoms with Gasteiger partial charge < -0.3 is 5.11 Å². The molecule has 0 aromatic carbocycles. The molecule has 2 heterocycles. The van der Waals surface area contributed by atoms with E-state index in [1.54, 1.807) is 6.20 Å². The summed E-state index contributed by atoms with van der Waals surface area (Å²) in [5.41, 5.74) is 3.00. The van der Waals surface area contributed by atoms with E-state index >= 15 is 0 Å². The highest BCUT2D eigenvalue weighted by Crippen LogP contribution is 2.41. The van der Waals surface area contributed by atoms with Crippen LogP contribution < -0.4 is 0 Å². The highest BCUT2D eigenvalue weighted by atomic mass is 16.3. The number of fused-ring (bicyclic) bond motifs is 1. The summed E-state index contributed by atoms with van der Waals surface area (Å²) in [6.45, 7) is 0.0792. The fourth-order valence-corrected chi connectivity index (χ4v) is 1.80. The quantitative estimate of drug-likeness (QED) is 0.719. The van der Waals surface area contributed by atoms with Gasteiger partial charge in [-0.2, -0.15) is 0 Å². The molecule has 13 heavy (non-hydrogen) atoms. The summed E-state index contributed by atoms with van der Waals surface area (Å²) in [5, 5.41) is 12.5. The standard InChI is InChI=1S/C9H11N3O/c13-5-7-8(6-1-2-6)11-12-4-3-10-9(7)12/h3-4,6,11,13H,1-2,5H2. The first-order valence-corrected chi connectivity index (χ1v) is 4.55. The second kappa shape index (κ2) is 2.35. The third-order valence-corrected chi connectivity index (χ3v) is 2.62. The van der Waals surface area contributed by atoms with Crippen LogP contribution >= 0.6 is 0 Å². The van der Waals surface area contributed by atoms with Crippen LogP contribution in [0.2, 0.25) is 0 Å². The Bertz CT molecular complexity index is 439. The van der Waals surface area contributed by atoms with Gasteiger partial charge in [0.25, 0.3) is 0 Å². The van der Waals surface area contributed by atoms with E-state index in [4.69, 9.17) is 0 Å². The first kappa shape index (κ1) is 7.15. The van der Waals surface area contributed by atoms with Crippen LogP contribution in [-0.2, 0) is 6.61 Å². The molecule has 0 bridgehead atoms. The molecule has 4 nitrogen and oxygen atoms in total. The molecule has 0 radical (unpaired) electrons. The number of nitrogens with zero attached hydrogens (tertiary/aromatic N) is 2. The Hall–Kier alpha value is -1.29. The molecule has 0 amide bonds. The summed E-state index contributed by atoms with van der Waals surface area (Å²) in [4.78, 5) is 4.19. The monoisotopic (exact) mass is 177 g/mol. The van der Waals surface area contributed by atoms with E-state index in [2.05, 4.69) is 10.1 Å². The number of nitrogens with one attached hydrogen (secondary N) is 1. The van der Waals surface area contributed by atoms with Gasteiger partial charge in [-0.25, -0.2) is 9.50 Å². The van der Waals surface area contributed by atoms with Crippen molar-refractivity contribution in [1.29, 1.82) is 0 Å². The lowest BCUT2D eigenvalue weighted by Gasteiger charge is -1.95. The van der Waals surface area contributed by atoms with E-state index in [0.717, 1.165) is 11.2 Å². The number of aliphatic hydroxyl groups is 1. The molecule has 68 valence electrons. The number of aromatic nitrogens is 3. The molecule has 1 fully saturated rings. The highest BCUT2D eigenvalue weighted by Gasteiger charge is 2.29. The predicted molar refractivity (Wildman–Crippen MR) is 47.4 cm³/mol. The third kappa shape index (κ3) is 0.920. The van der Waals surface area contributed by atoms with Crippen molar-refractivity contribution in [2.24, 2.45) is 0 Å². The molecule has 1 aliphatic carbocycles. The van der Waals surface area contributed by atoms with Gasteiger partial charge in [-0.05, 0) is 12.8 Å². The topological polar surface area (TPSA) is 53.3 Å². The molecule has 3 rings (SSSR count). The molecule has 2 aromatic rings. The molecule has 4 heteroatoms. The minimum Gasteiger partial charge on any atom is -0.391 e. The maximum absolute atomic E-state index is 9.23. The zero-order chi connectivity index (χ0) is 8.84. The SMILES string of the molecule is OCc1c(C2CC2)[nH]n2ccnc12. The molecule has 0 unspecified atom stereocenters. The van der Waals surface area contributed by atoms with Gasteiger partial charge >= 0.3 is 0 Å². The Morgan fingerprint density at radius 1 is 1.62 bits per heavy atom. The van der Waals surface area contributed by atoms with Crippen LogP contribution in [0, 0.1) is 0 Å². The summed E-state index contributed by atoms with van der Waals surface area (Å²) >= 11 is 0. The first-order valence-electron chi connectivity index (χ1n) is 4.55. The number of imidazole rings is 1. The number of aromatic amines is 1. The van der Waals surface area contributed by atoms with E-state index in [1.807, 2.05) is 10.7 Å². The van der Waals surface area contributed by atoms with Crippen molar-refractivity contribution in [2.45, 2.75) is 25.4 Å². The van der Waals surface area contributed by atoms with Crippen LogP contribution in [0.5, 0.6) is 0 Å². The molecule has 0 atom stereocenters. The van der Waals surface area contributed by atoms with Crippen molar-refractivity contribution in [2.75, 3.05) is 0 Å². The summed E-state index contributed by atoms with van der Waals surface area (Å²) in [5.74, 6) is 0.629. The Morgan fingerprint density at radius 3 is 3.15 bits per heavy atom. The van der Waals surface area contributed by atoms with Gasteiger partial charge in [0, 0.05) is 29.6 Å². The van der Waals surface area contributed by atoms with Gasteiger partial charge in [0.15, 0.2) is 5.65 Å². The fourth-order valence-electron chi connectivity index (χ4n) is 1.80. The van der Waals surface area contributed by atoms with Crippen molar-refractivity contribution in [1.82, 2.24) is 14.6 Å². The van der Waals surface area contributed by atoms with E-state index in [9.17, 15) is 5.11 Å². The van der Waals surface area contributed by atoms with Gasteiger partial charge in [0.2, 0.25) is 0 Å². The number of H-pyrrole nitrogens is 1. The van der Waals surface area contributed by atoms with Gasteiger partial charge in [0.1, 0.15) is 0 Å². The molecule has 0 aliphatic heterocycles. The van der Waals surface area contributed by atoms with Crippen LogP contribution in [0.15, 0.2) is 12.4 Å². The maximum atomic E-state index is 9.23. The number of hydrogen-bond acceptors (Lipinski definition) is 2. The van der Waals surface area contributed by atoms with Crippen molar-refractivity contribution >= 4 is 5.65 Å². The van der Waals surface area contributed by atoms with E-state index < -0.39 is 0 Å². The summed E-state index contributed by atoms with van der Waals surface area (Å²) in [6.07, 6.45) is 6.08. The van der Waals surface area contributed by atoms with Crippen LogP contribution in [0.4, 0.5) is 0 Å². The first-order chi connectivity index (χ1) is 6.40. The van der Waals surface area contributed by atoms with Gasteiger partial charge in [-0.15, -0.1) is 0 Å². The Morgan fingerprint density at radius 2 is 2.46 bits per heavy atom. The lowest BCUT2D eigenvalue weighted by Crippen LogP contribution is -1.89. The summed E-state index contributed by atoms with van der Waals surface area (Å²) in [6, 6.07) is 0. The Kier molecular flexibility index (Phi) is 1.29. The molecule has 1 aliphatic rings. The number of aliphatic hydroxyl groups excluding tert-OH is 1. The van der Waals surface area contributed by atoms with Gasteiger partial charge in [-0.3, -0.25) is 5.10 Å². The molecule has 1 saturated carbocycles. The van der Waals surface area contributed by atoms with Crippen molar-refractivity contribution in [3.63, 3.8) is 0 Å². The molecular weight excluding hydrogens is 166 g/mol.